The number of rotatable bonds is 2. The fraction of sp³-hybridized carbons (Fsp3) is 0.300. The third kappa shape index (κ3) is 1.76. The Morgan fingerprint density at radius 2 is 2.07 bits per heavy atom. The standard InChI is InChI=1S/C10H13BN2O2/c1-7(2)10-9-4-3-8(11(14)15)5-13(9)6-12-10/h3-7,14-15H,1-2H3. The van der Waals surface area contributed by atoms with Crippen LogP contribution in [-0.4, -0.2) is 26.6 Å². The highest BCUT2D eigenvalue weighted by Crippen LogP contribution is 2.17. The van der Waals surface area contributed by atoms with E-state index in [1.165, 1.54) is 0 Å². The lowest BCUT2D eigenvalue weighted by molar-refractivity contribution is 0.425. The van der Waals surface area contributed by atoms with Gasteiger partial charge in [0.05, 0.1) is 17.5 Å². The molecule has 0 aliphatic heterocycles. The van der Waals surface area contributed by atoms with Gasteiger partial charge in [0, 0.05) is 6.20 Å². The van der Waals surface area contributed by atoms with Gasteiger partial charge < -0.3 is 14.4 Å². The lowest BCUT2D eigenvalue weighted by Crippen LogP contribution is -2.30. The summed E-state index contributed by atoms with van der Waals surface area (Å²) in [7, 11) is -1.43. The molecule has 0 unspecified atom stereocenters. The molecule has 15 heavy (non-hydrogen) atoms. The molecule has 2 aromatic rings. The van der Waals surface area contributed by atoms with Gasteiger partial charge in [-0.25, -0.2) is 4.98 Å². The van der Waals surface area contributed by atoms with Crippen molar-refractivity contribution in [3.8, 4) is 0 Å². The molecule has 2 heterocycles. The van der Waals surface area contributed by atoms with Crippen LogP contribution in [0.4, 0.5) is 0 Å². The van der Waals surface area contributed by atoms with Gasteiger partial charge in [0.2, 0.25) is 0 Å². The van der Waals surface area contributed by atoms with Crippen molar-refractivity contribution in [2.75, 3.05) is 0 Å². The van der Waals surface area contributed by atoms with E-state index in [0.717, 1.165) is 11.2 Å². The topological polar surface area (TPSA) is 57.8 Å². The van der Waals surface area contributed by atoms with Gasteiger partial charge in [-0.2, -0.15) is 0 Å². The molecular formula is C10H13BN2O2. The maximum Gasteiger partial charge on any atom is 0.489 e. The number of imidazole rings is 1. The van der Waals surface area contributed by atoms with Crippen LogP contribution in [-0.2, 0) is 0 Å². The third-order valence-electron chi connectivity index (χ3n) is 2.43. The second-order valence-electron chi connectivity index (χ2n) is 3.91. The molecule has 4 nitrogen and oxygen atoms in total. The monoisotopic (exact) mass is 204 g/mol. The molecule has 0 aromatic carbocycles. The molecule has 0 spiro atoms. The average Bonchev–Trinajstić information content (AvgIpc) is 2.59. The van der Waals surface area contributed by atoms with Crippen LogP contribution in [0.15, 0.2) is 24.7 Å². The minimum Gasteiger partial charge on any atom is -0.423 e. The van der Waals surface area contributed by atoms with Crippen molar-refractivity contribution in [1.29, 1.82) is 0 Å². The Bertz CT molecular complexity index is 479. The summed E-state index contributed by atoms with van der Waals surface area (Å²) in [6, 6.07) is 3.56. The number of hydrogen-bond donors (Lipinski definition) is 2. The molecule has 0 aliphatic carbocycles. The first-order valence-electron chi connectivity index (χ1n) is 4.92. The Morgan fingerprint density at radius 3 is 2.67 bits per heavy atom. The normalized spacial score (nSPS) is 11.3. The summed E-state index contributed by atoms with van der Waals surface area (Å²) in [4.78, 5) is 4.29. The van der Waals surface area contributed by atoms with E-state index in [1.807, 2.05) is 10.5 Å². The molecule has 78 valence electrons. The number of nitrogens with zero attached hydrogens (tertiary/aromatic N) is 2. The van der Waals surface area contributed by atoms with Crippen LogP contribution in [0.1, 0.15) is 25.5 Å². The molecule has 0 radical (unpaired) electrons. The molecule has 2 N–H and O–H groups in total. The van der Waals surface area contributed by atoms with Gasteiger partial charge in [-0.15, -0.1) is 0 Å². The van der Waals surface area contributed by atoms with Crippen molar-refractivity contribution in [2.24, 2.45) is 0 Å². The zero-order chi connectivity index (χ0) is 11.0. The molecule has 0 saturated heterocycles. The quantitative estimate of drug-likeness (QED) is 0.684. The van der Waals surface area contributed by atoms with E-state index in [-0.39, 0.29) is 0 Å². The summed E-state index contributed by atoms with van der Waals surface area (Å²) in [5, 5.41) is 18.0. The van der Waals surface area contributed by atoms with Crippen LogP contribution < -0.4 is 5.46 Å². The van der Waals surface area contributed by atoms with E-state index >= 15 is 0 Å². The van der Waals surface area contributed by atoms with Crippen molar-refractivity contribution < 1.29 is 10.0 Å². The van der Waals surface area contributed by atoms with Crippen molar-refractivity contribution in [1.82, 2.24) is 9.38 Å². The van der Waals surface area contributed by atoms with Crippen LogP contribution in [0.25, 0.3) is 5.52 Å². The van der Waals surface area contributed by atoms with E-state index in [9.17, 15) is 0 Å². The maximum atomic E-state index is 9.02. The van der Waals surface area contributed by atoms with Crippen LogP contribution >= 0.6 is 0 Å². The smallest absolute Gasteiger partial charge is 0.423 e. The van der Waals surface area contributed by atoms with Gasteiger partial charge in [0.25, 0.3) is 0 Å². The summed E-state index contributed by atoms with van der Waals surface area (Å²) in [5.41, 5.74) is 2.50. The molecule has 0 fully saturated rings. The Balaban J connectivity index is 2.57. The number of aromatic nitrogens is 2. The van der Waals surface area contributed by atoms with E-state index in [4.69, 9.17) is 10.0 Å². The number of fused-ring (bicyclic) bond motifs is 1. The van der Waals surface area contributed by atoms with Gasteiger partial charge in [0.1, 0.15) is 0 Å². The SMILES string of the molecule is CC(C)c1ncn2cc(B(O)O)ccc12. The molecule has 2 rings (SSSR count). The second-order valence-corrected chi connectivity index (χ2v) is 3.91. The molecule has 2 aromatic heterocycles. The van der Waals surface area contributed by atoms with E-state index in [1.54, 1.807) is 18.6 Å². The lowest BCUT2D eigenvalue weighted by atomic mass is 9.81. The summed E-state index contributed by atoms with van der Waals surface area (Å²) in [6.07, 6.45) is 3.37. The average molecular weight is 204 g/mol. The lowest BCUT2D eigenvalue weighted by Gasteiger charge is -2.03. The molecule has 5 heteroatoms. The Hall–Kier alpha value is -1.33. The fourth-order valence-electron chi connectivity index (χ4n) is 1.64. The van der Waals surface area contributed by atoms with Crippen molar-refractivity contribution in [3.05, 3.63) is 30.4 Å². The summed E-state index contributed by atoms with van der Waals surface area (Å²) < 4.78 is 1.81. The molecule has 0 bridgehead atoms. The zero-order valence-electron chi connectivity index (χ0n) is 8.75. The van der Waals surface area contributed by atoms with Gasteiger partial charge in [0.15, 0.2) is 0 Å². The first-order chi connectivity index (χ1) is 7.09. The first-order valence-corrected chi connectivity index (χ1v) is 4.92. The largest absolute Gasteiger partial charge is 0.489 e. The molecule has 0 atom stereocenters. The van der Waals surface area contributed by atoms with E-state index in [2.05, 4.69) is 18.8 Å². The van der Waals surface area contributed by atoms with Crippen molar-refractivity contribution in [2.45, 2.75) is 19.8 Å². The van der Waals surface area contributed by atoms with Crippen molar-refractivity contribution in [3.63, 3.8) is 0 Å². The van der Waals surface area contributed by atoms with Gasteiger partial charge >= 0.3 is 7.12 Å². The van der Waals surface area contributed by atoms with Crippen LogP contribution in [0, 0.1) is 0 Å². The third-order valence-corrected chi connectivity index (χ3v) is 2.43. The zero-order valence-corrected chi connectivity index (χ0v) is 8.75. The van der Waals surface area contributed by atoms with Crippen LogP contribution in [0.2, 0.25) is 0 Å². The predicted molar refractivity (Wildman–Crippen MR) is 59.1 cm³/mol. The Morgan fingerprint density at radius 1 is 1.33 bits per heavy atom. The minimum atomic E-state index is -1.43. The van der Waals surface area contributed by atoms with Gasteiger partial charge in [-0.05, 0) is 17.4 Å². The number of hydrogen-bond acceptors (Lipinski definition) is 3. The van der Waals surface area contributed by atoms with Gasteiger partial charge in [-0.3, -0.25) is 0 Å². The van der Waals surface area contributed by atoms with E-state index in [0.29, 0.717) is 11.4 Å². The summed E-state index contributed by atoms with van der Waals surface area (Å²) >= 11 is 0. The van der Waals surface area contributed by atoms with E-state index < -0.39 is 7.12 Å². The second kappa shape index (κ2) is 3.68. The highest BCUT2D eigenvalue weighted by Gasteiger charge is 2.13. The Labute approximate surface area is 88.3 Å². The van der Waals surface area contributed by atoms with Gasteiger partial charge in [-0.1, -0.05) is 19.9 Å². The summed E-state index contributed by atoms with van der Waals surface area (Å²) in [6.45, 7) is 4.16. The first kappa shape index (κ1) is 10.2. The fourth-order valence-corrected chi connectivity index (χ4v) is 1.64. The van der Waals surface area contributed by atoms with Crippen LogP contribution in [0.5, 0.6) is 0 Å². The maximum absolute atomic E-state index is 9.02. The van der Waals surface area contributed by atoms with Crippen LogP contribution in [0.3, 0.4) is 0 Å². The Kier molecular flexibility index (Phi) is 2.50. The van der Waals surface area contributed by atoms with Crippen molar-refractivity contribution >= 4 is 18.1 Å². The predicted octanol–water partition coefficient (Wildman–Crippen LogP) is 0.138. The highest BCUT2D eigenvalue weighted by molar-refractivity contribution is 6.58. The number of pyridine rings is 1. The molecule has 0 amide bonds. The molecule has 0 aliphatic rings. The summed E-state index contributed by atoms with van der Waals surface area (Å²) in [5.74, 6) is 0.361. The highest BCUT2D eigenvalue weighted by atomic mass is 16.4. The molecule has 0 saturated carbocycles. The molecular weight excluding hydrogens is 191 g/mol. The minimum absolute atomic E-state index is 0.361.